The van der Waals surface area contributed by atoms with Gasteiger partial charge in [-0.3, -0.25) is 4.79 Å². The maximum Gasteiger partial charge on any atom is 0.314 e. The first kappa shape index (κ1) is 10.6. The highest BCUT2D eigenvalue weighted by Gasteiger charge is 2.20. The first-order valence-corrected chi connectivity index (χ1v) is 5.39. The van der Waals surface area contributed by atoms with Crippen LogP contribution >= 0.6 is 24.0 Å². The lowest BCUT2D eigenvalue weighted by atomic mass is 10.1. The molecule has 1 unspecified atom stereocenters. The summed E-state index contributed by atoms with van der Waals surface area (Å²) in [5.74, 6) is 0.0657. The Morgan fingerprint density at radius 3 is 2.77 bits per heavy atom. The van der Waals surface area contributed by atoms with Gasteiger partial charge in [0.05, 0.1) is 13.0 Å². The molecule has 0 aliphatic carbocycles. The number of ether oxygens (including phenoxy) is 1. The van der Waals surface area contributed by atoms with Crippen LogP contribution in [0.3, 0.4) is 0 Å². The van der Waals surface area contributed by atoms with Gasteiger partial charge in [-0.25, -0.2) is 0 Å². The van der Waals surface area contributed by atoms with E-state index >= 15 is 0 Å². The second-order valence-electron chi connectivity index (χ2n) is 2.71. The van der Waals surface area contributed by atoms with Crippen LogP contribution in [-0.2, 0) is 9.53 Å². The molecule has 0 N–H and O–H groups in total. The van der Waals surface area contributed by atoms with Gasteiger partial charge in [0, 0.05) is 15.5 Å². The molecule has 1 atom stereocenters. The van der Waals surface area contributed by atoms with Gasteiger partial charge in [-0.1, -0.05) is 0 Å². The summed E-state index contributed by atoms with van der Waals surface area (Å²) in [6.45, 7) is 2.01. The monoisotopic (exact) mass is 216 g/mol. The highest BCUT2D eigenvalue weighted by Crippen LogP contribution is 2.26. The van der Waals surface area contributed by atoms with Crippen molar-refractivity contribution in [3.05, 3.63) is 21.9 Å². The van der Waals surface area contributed by atoms with Crippen LogP contribution in [-0.4, -0.2) is 18.8 Å². The molecule has 0 radical (unpaired) electrons. The molecule has 1 aromatic rings. The summed E-state index contributed by atoms with van der Waals surface area (Å²) in [5, 5.41) is 0. The summed E-state index contributed by atoms with van der Waals surface area (Å²) < 4.78 is 4.69. The third kappa shape index (κ3) is 2.48. The lowest BCUT2D eigenvalue weighted by molar-refractivity contribution is -0.141. The van der Waals surface area contributed by atoms with Gasteiger partial charge in [-0.15, -0.1) is 11.3 Å². The van der Waals surface area contributed by atoms with Crippen molar-refractivity contribution in [1.29, 1.82) is 0 Å². The van der Waals surface area contributed by atoms with Crippen LogP contribution in [0.4, 0.5) is 0 Å². The first-order chi connectivity index (χ1) is 6.19. The van der Waals surface area contributed by atoms with E-state index in [2.05, 4.69) is 17.4 Å². The Hall–Kier alpha value is -0.480. The maximum absolute atomic E-state index is 11.3. The van der Waals surface area contributed by atoms with E-state index in [-0.39, 0.29) is 11.9 Å². The molecule has 0 fully saturated rings. The van der Waals surface area contributed by atoms with Crippen molar-refractivity contribution >= 4 is 29.9 Å². The molecule has 1 aromatic heterocycles. The minimum absolute atomic E-state index is 0.211. The Labute approximate surface area is 87.3 Å². The zero-order valence-corrected chi connectivity index (χ0v) is 9.32. The fourth-order valence-electron chi connectivity index (χ4n) is 1.06. The van der Waals surface area contributed by atoms with Crippen molar-refractivity contribution in [2.45, 2.75) is 12.8 Å². The molecule has 0 bridgehead atoms. The van der Waals surface area contributed by atoms with Gasteiger partial charge in [0.1, 0.15) is 0 Å². The molecule has 0 aromatic carbocycles. The lowest BCUT2D eigenvalue weighted by Crippen LogP contribution is -2.14. The van der Waals surface area contributed by atoms with Crippen LogP contribution in [0.1, 0.15) is 15.7 Å². The Kier molecular flexibility index (Phi) is 3.81. The Bertz CT molecular complexity index is 294. The van der Waals surface area contributed by atoms with Crippen LogP contribution in [0.25, 0.3) is 0 Å². The van der Waals surface area contributed by atoms with Crippen molar-refractivity contribution in [2.24, 2.45) is 0 Å². The van der Waals surface area contributed by atoms with E-state index in [0.717, 1.165) is 4.88 Å². The molecular formula is C9H12O2S2. The van der Waals surface area contributed by atoms with E-state index in [4.69, 9.17) is 0 Å². The van der Waals surface area contributed by atoms with Gasteiger partial charge in [0.25, 0.3) is 0 Å². The predicted molar refractivity (Wildman–Crippen MR) is 57.7 cm³/mol. The van der Waals surface area contributed by atoms with Crippen molar-refractivity contribution in [2.75, 3.05) is 12.9 Å². The van der Waals surface area contributed by atoms with Crippen LogP contribution < -0.4 is 0 Å². The summed E-state index contributed by atoms with van der Waals surface area (Å²) in [5.41, 5.74) is 0. The molecule has 0 amide bonds. The van der Waals surface area contributed by atoms with E-state index in [1.165, 1.54) is 12.0 Å². The fraction of sp³-hybridized carbons (Fsp3) is 0.444. The van der Waals surface area contributed by atoms with E-state index in [1.54, 1.807) is 11.3 Å². The number of esters is 1. The Morgan fingerprint density at radius 2 is 2.38 bits per heavy atom. The van der Waals surface area contributed by atoms with Crippen molar-refractivity contribution in [3.63, 3.8) is 0 Å². The summed E-state index contributed by atoms with van der Waals surface area (Å²) in [7, 11) is 1.40. The highest BCUT2D eigenvalue weighted by atomic mass is 32.1. The van der Waals surface area contributed by atoms with Crippen molar-refractivity contribution in [1.82, 2.24) is 0 Å². The van der Waals surface area contributed by atoms with Crippen LogP contribution in [0.2, 0.25) is 0 Å². The van der Waals surface area contributed by atoms with Gasteiger partial charge in [-0.2, -0.15) is 12.6 Å². The number of methoxy groups -OCH3 is 1. The molecule has 1 heterocycles. The highest BCUT2D eigenvalue weighted by molar-refractivity contribution is 7.80. The van der Waals surface area contributed by atoms with Gasteiger partial charge in [-0.05, 0) is 19.1 Å². The number of carbonyl (C=O) groups excluding carboxylic acids is 1. The van der Waals surface area contributed by atoms with E-state index < -0.39 is 0 Å². The van der Waals surface area contributed by atoms with Gasteiger partial charge >= 0.3 is 5.97 Å². The van der Waals surface area contributed by atoms with Crippen molar-refractivity contribution in [3.8, 4) is 0 Å². The molecule has 2 nitrogen and oxygen atoms in total. The number of carbonyl (C=O) groups is 1. The second-order valence-corrected chi connectivity index (χ2v) is 4.39. The van der Waals surface area contributed by atoms with Crippen LogP contribution in [0.15, 0.2) is 12.1 Å². The average molecular weight is 216 g/mol. The lowest BCUT2D eigenvalue weighted by Gasteiger charge is -2.08. The van der Waals surface area contributed by atoms with E-state index in [9.17, 15) is 4.79 Å². The average Bonchev–Trinajstić information content (AvgIpc) is 2.53. The summed E-state index contributed by atoms with van der Waals surface area (Å²) >= 11 is 5.75. The smallest absolute Gasteiger partial charge is 0.314 e. The summed E-state index contributed by atoms with van der Waals surface area (Å²) in [6.07, 6.45) is 0. The number of aryl methyl sites for hydroxylation is 1. The molecule has 0 aliphatic heterocycles. The topological polar surface area (TPSA) is 26.3 Å². The van der Waals surface area contributed by atoms with Crippen molar-refractivity contribution < 1.29 is 9.53 Å². The van der Waals surface area contributed by atoms with Gasteiger partial charge in [0.15, 0.2) is 0 Å². The molecule has 72 valence electrons. The number of thiol groups is 1. The van der Waals surface area contributed by atoms with Gasteiger partial charge < -0.3 is 4.74 Å². The molecule has 13 heavy (non-hydrogen) atoms. The molecule has 0 saturated carbocycles. The van der Waals surface area contributed by atoms with E-state index in [1.807, 2.05) is 19.1 Å². The normalized spacial score (nSPS) is 12.5. The molecule has 4 heteroatoms. The van der Waals surface area contributed by atoms with Crippen LogP contribution in [0.5, 0.6) is 0 Å². The molecule has 0 aliphatic rings. The van der Waals surface area contributed by atoms with Gasteiger partial charge in [0.2, 0.25) is 0 Å². The SMILES string of the molecule is COC(=O)C(CS)c1ccc(C)s1. The second kappa shape index (κ2) is 4.67. The molecule has 0 spiro atoms. The fourth-order valence-corrected chi connectivity index (χ4v) is 2.50. The molecular weight excluding hydrogens is 204 g/mol. The molecule has 1 rings (SSSR count). The largest absolute Gasteiger partial charge is 0.469 e. The standard InChI is InChI=1S/C9H12O2S2/c1-6-3-4-8(13-6)7(5-12)9(10)11-2/h3-4,7,12H,5H2,1-2H3. The Morgan fingerprint density at radius 1 is 1.69 bits per heavy atom. The quantitative estimate of drug-likeness (QED) is 0.619. The number of hydrogen-bond donors (Lipinski definition) is 1. The minimum Gasteiger partial charge on any atom is -0.469 e. The predicted octanol–water partition coefficient (Wildman–Crippen LogP) is 2.24. The third-order valence-electron chi connectivity index (χ3n) is 1.77. The minimum atomic E-state index is -0.216. The maximum atomic E-state index is 11.3. The molecule has 0 saturated heterocycles. The number of hydrogen-bond acceptors (Lipinski definition) is 4. The first-order valence-electron chi connectivity index (χ1n) is 3.94. The van der Waals surface area contributed by atoms with E-state index in [0.29, 0.717) is 5.75 Å². The number of thiophene rings is 1. The summed E-state index contributed by atoms with van der Waals surface area (Å²) in [4.78, 5) is 13.5. The summed E-state index contributed by atoms with van der Waals surface area (Å²) in [6, 6.07) is 3.96. The zero-order valence-electron chi connectivity index (χ0n) is 7.61. The van der Waals surface area contributed by atoms with Crippen LogP contribution in [0, 0.1) is 6.92 Å². The third-order valence-corrected chi connectivity index (χ3v) is 3.25. The zero-order chi connectivity index (χ0) is 9.84. The Balaban J connectivity index is 2.84. The number of rotatable bonds is 3.